The van der Waals surface area contributed by atoms with Crippen molar-refractivity contribution >= 4 is 5.82 Å². The average Bonchev–Trinajstić information content (AvgIpc) is 2.38. The molecule has 1 N–H and O–H groups in total. The summed E-state index contributed by atoms with van der Waals surface area (Å²) >= 11 is 0. The van der Waals surface area contributed by atoms with Crippen LogP contribution in [0.1, 0.15) is 12.8 Å². The monoisotopic (exact) mass is 240 g/mol. The molecule has 0 radical (unpaired) electrons. The summed E-state index contributed by atoms with van der Waals surface area (Å²) in [7, 11) is 0. The van der Waals surface area contributed by atoms with Crippen molar-refractivity contribution in [2.24, 2.45) is 0 Å². The Hall–Kier alpha value is -1.20. The summed E-state index contributed by atoms with van der Waals surface area (Å²) in [4.78, 5) is 6.00. The topological polar surface area (TPSA) is 45.6 Å². The van der Waals surface area contributed by atoms with E-state index >= 15 is 0 Å². The van der Waals surface area contributed by atoms with E-state index in [2.05, 4.69) is 4.98 Å². The molecule has 4 nitrogen and oxygen atoms in total. The number of aliphatic hydroxyl groups excluding tert-OH is 1. The Balaban J connectivity index is 1.89. The van der Waals surface area contributed by atoms with Crippen molar-refractivity contribution in [2.75, 3.05) is 31.2 Å². The second-order valence-electron chi connectivity index (χ2n) is 4.09. The lowest BCUT2D eigenvalue weighted by molar-refractivity contribution is 0.0158. The molecular formula is C12H17FN2O2. The highest BCUT2D eigenvalue weighted by Gasteiger charge is 2.22. The van der Waals surface area contributed by atoms with Gasteiger partial charge in [-0.1, -0.05) is 0 Å². The molecule has 1 saturated heterocycles. The molecular weight excluding hydrogens is 223 g/mol. The Morgan fingerprint density at radius 1 is 1.47 bits per heavy atom. The quantitative estimate of drug-likeness (QED) is 0.859. The van der Waals surface area contributed by atoms with Crippen LogP contribution in [0.2, 0.25) is 0 Å². The molecule has 17 heavy (non-hydrogen) atoms. The molecule has 2 heterocycles. The highest BCUT2D eigenvalue weighted by Crippen LogP contribution is 2.21. The van der Waals surface area contributed by atoms with Gasteiger partial charge in [0.25, 0.3) is 0 Å². The van der Waals surface area contributed by atoms with Crippen LogP contribution in [-0.2, 0) is 4.74 Å². The minimum absolute atomic E-state index is 0.0507. The third kappa shape index (κ3) is 3.14. The van der Waals surface area contributed by atoms with Gasteiger partial charge in [0, 0.05) is 19.3 Å². The summed E-state index contributed by atoms with van der Waals surface area (Å²) in [5.74, 6) is 0.148. The third-order valence-corrected chi connectivity index (χ3v) is 2.93. The van der Waals surface area contributed by atoms with Crippen molar-refractivity contribution in [3.05, 3.63) is 24.1 Å². The zero-order valence-electron chi connectivity index (χ0n) is 9.68. The number of piperidine rings is 1. The first kappa shape index (κ1) is 12.3. The lowest BCUT2D eigenvalue weighted by Gasteiger charge is -2.32. The number of hydrogen-bond acceptors (Lipinski definition) is 4. The lowest BCUT2D eigenvalue weighted by Crippen LogP contribution is -2.38. The minimum atomic E-state index is -0.276. The first-order valence-corrected chi connectivity index (χ1v) is 5.89. The van der Waals surface area contributed by atoms with E-state index in [0.29, 0.717) is 12.4 Å². The SMILES string of the molecule is OCCOC1CCN(c2ncccc2F)CC1. The predicted molar refractivity (Wildman–Crippen MR) is 62.5 cm³/mol. The van der Waals surface area contributed by atoms with Crippen LogP contribution < -0.4 is 4.90 Å². The molecule has 0 atom stereocenters. The maximum atomic E-state index is 13.5. The highest BCUT2D eigenvalue weighted by atomic mass is 19.1. The second kappa shape index (κ2) is 5.93. The van der Waals surface area contributed by atoms with Crippen molar-refractivity contribution in [2.45, 2.75) is 18.9 Å². The van der Waals surface area contributed by atoms with Gasteiger partial charge >= 0.3 is 0 Å². The molecule has 1 aliphatic heterocycles. The van der Waals surface area contributed by atoms with Crippen LogP contribution in [0.5, 0.6) is 0 Å². The number of aliphatic hydroxyl groups is 1. The first-order valence-electron chi connectivity index (χ1n) is 5.89. The van der Waals surface area contributed by atoms with E-state index in [-0.39, 0.29) is 18.5 Å². The van der Waals surface area contributed by atoms with Crippen LogP contribution in [0, 0.1) is 5.82 Å². The van der Waals surface area contributed by atoms with Crippen LogP contribution in [-0.4, -0.2) is 42.5 Å². The Labute approximate surface area is 100 Å². The summed E-state index contributed by atoms with van der Waals surface area (Å²) in [5, 5.41) is 8.67. The van der Waals surface area contributed by atoms with Gasteiger partial charge in [-0.15, -0.1) is 0 Å². The fourth-order valence-corrected chi connectivity index (χ4v) is 2.06. The van der Waals surface area contributed by atoms with Crippen molar-refractivity contribution in [3.63, 3.8) is 0 Å². The van der Waals surface area contributed by atoms with E-state index in [9.17, 15) is 4.39 Å². The van der Waals surface area contributed by atoms with Crippen LogP contribution in [0.15, 0.2) is 18.3 Å². The Kier molecular flexibility index (Phi) is 4.28. The number of pyridine rings is 1. The van der Waals surface area contributed by atoms with Crippen molar-refractivity contribution in [1.29, 1.82) is 0 Å². The van der Waals surface area contributed by atoms with Gasteiger partial charge in [-0.25, -0.2) is 9.37 Å². The summed E-state index contributed by atoms with van der Waals surface area (Å²) in [5.41, 5.74) is 0. The molecule has 2 rings (SSSR count). The summed E-state index contributed by atoms with van der Waals surface area (Å²) in [6, 6.07) is 3.02. The maximum absolute atomic E-state index is 13.5. The number of nitrogens with zero attached hydrogens (tertiary/aromatic N) is 2. The second-order valence-corrected chi connectivity index (χ2v) is 4.09. The summed E-state index contributed by atoms with van der Waals surface area (Å²) < 4.78 is 19.0. The van der Waals surface area contributed by atoms with Gasteiger partial charge in [-0.3, -0.25) is 0 Å². The molecule has 1 aromatic rings. The van der Waals surface area contributed by atoms with Crippen molar-refractivity contribution in [1.82, 2.24) is 4.98 Å². The molecule has 0 amide bonds. The fourth-order valence-electron chi connectivity index (χ4n) is 2.06. The van der Waals surface area contributed by atoms with Gasteiger partial charge in [-0.2, -0.15) is 0 Å². The summed E-state index contributed by atoms with van der Waals surface area (Å²) in [6.45, 7) is 1.91. The molecule has 5 heteroatoms. The molecule has 0 aliphatic carbocycles. The van der Waals surface area contributed by atoms with Gasteiger partial charge in [0.15, 0.2) is 11.6 Å². The molecule has 0 bridgehead atoms. The Bertz CT molecular complexity index is 354. The van der Waals surface area contributed by atoms with Crippen molar-refractivity contribution < 1.29 is 14.2 Å². The molecule has 1 aromatic heterocycles. The number of halogens is 1. The van der Waals surface area contributed by atoms with Gasteiger partial charge in [0.2, 0.25) is 0 Å². The molecule has 1 fully saturated rings. The largest absolute Gasteiger partial charge is 0.394 e. The van der Waals surface area contributed by atoms with Gasteiger partial charge in [-0.05, 0) is 25.0 Å². The first-order chi connectivity index (χ1) is 8.31. The molecule has 1 aliphatic rings. The smallest absolute Gasteiger partial charge is 0.165 e. The molecule has 0 spiro atoms. The Morgan fingerprint density at radius 3 is 2.88 bits per heavy atom. The average molecular weight is 240 g/mol. The van der Waals surface area contributed by atoms with Gasteiger partial charge in [0.05, 0.1) is 19.3 Å². The van der Waals surface area contributed by atoms with E-state index in [1.807, 2.05) is 4.90 Å². The standard InChI is InChI=1S/C12H17FN2O2/c13-11-2-1-5-14-12(11)15-6-3-10(4-7-15)17-9-8-16/h1-2,5,10,16H,3-4,6-9H2. The molecule has 0 unspecified atom stereocenters. The number of aromatic nitrogens is 1. The minimum Gasteiger partial charge on any atom is -0.394 e. The van der Waals surface area contributed by atoms with E-state index in [1.54, 1.807) is 12.3 Å². The van der Waals surface area contributed by atoms with Crippen LogP contribution >= 0.6 is 0 Å². The predicted octanol–water partition coefficient (Wildman–Crippen LogP) is 1.20. The molecule has 0 aromatic carbocycles. The van der Waals surface area contributed by atoms with Crippen LogP contribution in [0.25, 0.3) is 0 Å². The highest BCUT2D eigenvalue weighted by molar-refractivity contribution is 5.39. The van der Waals surface area contributed by atoms with Gasteiger partial charge < -0.3 is 14.7 Å². The van der Waals surface area contributed by atoms with E-state index < -0.39 is 0 Å². The van der Waals surface area contributed by atoms with Crippen LogP contribution in [0.3, 0.4) is 0 Å². The number of ether oxygens (including phenoxy) is 1. The molecule has 0 saturated carbocycles. The fraction of sp³-hybridized carbons (Fsp3) is 0.583. The summed E-state index contributed by atoms with van der Waals surface area (Å²) in [6.07, 6.45) is 3.46. The number of anilines is 1. The van der Waals surface area contributed by atoms with Crippen molar-refractivity contribution in [3.8, 4) is 0 Å². The number of rotatable bonds is 4. The maximum Gasteiger partial charge on any atom is 0.165 e. The zero-order valence-corrected chi connectivity index (χ0v) is 9.68. The van der Waals surface area contributed by atoms with Gasteiger partial charge in [0.1, 0.15) is 0 Å². The number of hydrogen-bond donors (Lipinski definition) is 1. The molecule has 94 valence electrons. The third-order valence-electron chi connectivity index (χ3n) is 2.93. The van der Waals surface area contributed by atoms with E-state index in [1.165, 1.54) is 6.07 Å². The normalized spacial score (nSPS) is 17.4. The Morgan fingerprint density at radius 2 is 2.24 bits per heavy atom. The lowest BCUT2D eigenvalue weighted by atomic mass is 10.1. The van der Waals surface area contributed by atoms with E-state index in [4.69, 9.17) is 9.84 Å². The van der Waals surface area contributed by atoms with E-state index in [0.717, 1.165) is 25.9 Å². The zero-order chi connectivity index (χ0) is 12.1. The van der Waals surface area contributed by atoms with Crippen LogP contribution in [0.4, 0.5) is 10.2 Å².